The molecule has 1 amide bonds. The summed E-state index contributed by atoms with van der Waals surface area (Å²) < 4.78 is 29.6. The lowest BCUT2D eigenvalue weighted by atomic mass is 10.1. The van der Waals surface area contributed by atoms with Crippen molar-refractivity contribution in [2.24, 2.45) is 0 Å². The van der Waals surface area contributed by atoms with Crippen molar-refractivity contribution in [3.8, 4) is 6.07 Å². The van der Waals surface area contributed by atoms with Crippen molar-refractivity contribution in [1.82, 2.24) is 14.7 Å². The van der Waals surface area contributed by atoms with Crippen LogP contribution in [0.2, 0.25) is 0 Å². The minimum Gasteiger partial charge on any atom is -0.351 e. The standard InChI is InChI=1S/C17H12F2N4O2S/c1-2-21-15(24)12-8-26-17-22-11(14(19)16(25)23(12)17)6-9-4-3-5-10(7-20)13(9)18/h3-5,8H,2,6H2,1H3,(H,21,24). The summed E-state index contributed by atoms with van der Waals surface area (Å²) >= 11 is 1.01. The molecule has 132 valence electrons. The number of nitriles is 1. The van der Waals surface area contributed by atoms with E-state index in [9.17, 15) is 18.4 Å². The Labute approximate surface area is 150 Å². The molecule has 6 nitrogen and oxygen atoms in total. The van der Waals surface area contributed by atoms with Gasteiger partial charge in [-0.3, -0.25) is 9.59 Å². The molecule has 1 N–H and O–H groups in total. The van der Waals surface area contributed by atoms with Crippen LogP contribution in [0.25, 0.3) is 4.96 Å². The average Bonchev–Trinajstić information content (AvgIpc) is 3.05. The van der Waals surface area contributed by atoms with Crippen LogP contribution in [0.4, 0.5) is 8.78 Å². The molecule has 3 rings (SSSR count). The molecule has 26 heavy (non-hydrogen) atoms. The average molecular weight is 374 g/mol. The molecule has 0 saturated carbocycles. The van der Waals surface area contributed by atoms with Gasteiger partial charge < -0.3 is 5.32 Å². The molecular weight excluding hydrogens is 362 g/mol. The molecule has 1 aromatic carbocycles. The summed E-state index contributed by atoms with van der Waals surface area (Å²) in [6.45, 7) is 2.07. The number of amides is 1. The largest absolute Gasteiger partial charge is 0.351 e. The minimum absolute atomic E-state index is 0.00698. The van der Waals surface area contributed by atoms with Gasteiger partial charge in [-0.15, -0.1) is 11.3 Å². The van der Waals surface area contributed by atoms with Gasteiger partial charge in [-0.2, -0.15) is 9.65 Å². The third kappa shape index (κ3) is 2.95. The molecule has 0 atom stereocenters. The predicted molar refractivity (Wildman–Crippen MR) is 91.2 cm³/mol. The molecule has 0 bridgehead atoms. The van der Waals surface area contributed by atoms with Gasteiger partial charge in [-0.1, -0.05) is 12.1 Å². The van der Waals surface area contributed by atoms with Crippen LogP contribution in [0.1, 0.15) is 34.2 Å². The van der Waals surface area contributed by atoms with Gasteiger partial charge in [0.15, 0.2) is 4.96 Å². The molecule has 2 heterocycles. The third-order valence-corrected chi connectivity index (χ3v) is 4.54. The van der Waals surface area contributed by atoms with E-state index in [2.05, 4.69) is 10.3 Å². The van der Waals surface area contributed by atoms with E-state index in [-0.39, 0.29) is 33.9 Å². The molecule has 0 aliphatic heterocycles. The maximum Gasteiger partial charge on any atom is 0.295 e. The highest BCUT2D eigenvalue weighted by Crippen LogP contribution is 2.19. The molecule has 0 spiro atoms. The Morgan fingerprint density at radius 2 is 2.15 bits per heavy atom. The van der Waals surface area contributed by atoms with Crippen LogP contribution in [-0.2, 0) is 6.42 Å². The van der Waals surface area contributed by atoms with Crippen LogP contribution >= 0.6 is 11.3 Å². The number of rotatable bonds is 4. The van der Waals surface area contributed by atoms with Crippen molar-refractivity contribution < 1.29 is 13.6 Å². The van der Waals surface area contributed by atoms with Crippen molar-refractivity contribution in [3.05, 3.63) is 68.1 Å². The van der Waals surface area contributed by atoms with E-state index in [0.717, 1.165) is 15.7 Å². The van der Waals surface area contributed by atoms with Crippen LogP contribution in [0.3, 0.4) is 0 Å². The van der Waals surface area contributed by atoms with Crippen LogP contribution in [0.15, 0.2) is 28.4 Å². The van der Waals surface area contributed by atoms with Crippen LogP contribution in [0, 0.1) is 23.0 Å². The number of fused-ring (bicyclic) bond motifs is 1. The maximum absolute atomic E-state index is 14.5. The van der Waals surface area contributed by atoms with E-state index >= 15 is 0 Å². The first kappa shape index (κ1) is 17.7. The first-order chi connectivity index (χ1) is 12.5. The predicted octanol–water partition coefficient (Wildman–Crippen LogP) is 2.25. The zero-order valence-electron chi connectivity index (χ0n) is 13.5. The molecule has 0 aliphatic carbocycles. The van der Waals surface area contributed by atoms with Gasteiger partial charge >= 0.3 is 0 Å². The Bertz CT molecular complexity index is 1110. The molecule has 0 aliphatic rings. The lowest BCUT2D eigenvalue weighted by molar-refractivity contribution is 0.0949. The molecular formula is C17H12F2N4O2S. The number of thiazole rings is 1. The molecule has 0 fully saturated rings. The third-order valence-electron chi connectivity index (χ3n) is 3.71. The summed E-state index contributed by atoms with van der Waals surface area (Å²) in [7, 11) is 0. The number of nitrogens with zero attached hydrogens (tertiary/aromatic N) is 3. The van der Waals surface area contributed by atoms with Gasteiger partial charge in [0.1, 0.15) is 17.6 Å². The first-order valence-electron chi connectivity index (χ1n) is 7.62. The van der Waals surface area contributed by atoms with Crippen molar-refractivity contribution in [2.75, 3.05) is 6.54 Å². The normalized spacial score (nSPS) is 10.7. The fourth-order valence-electron chi connectivity index (χ4n) is 2.48. The quantitative estimate of drug-likeness (QED) is 0.759. The number of hydrogen-bond donors (Lipinski definition) is 1. The Morgan fingerprint density at radius 3 is 2.85 bits per heavy atom. The van der Waals surface area contributed by atoms with Crippen molar-refractivity contribution in [1.29, 1.82) is 5.26 Å². The van der Waals surface area contributed by atoms with Gasteiger partial charge in [0.25, 0.3) is 11.5 Å². The second-order valence-corrected chi connectivity index (χ2v) is 6.18. The van der Waals surface area contributed by atoms with Gasteiger partial charge in [0, 0.05) is 18.3 Å². The van der Waals surface area contributed by atoms with Crippen LogP contribution in [-0.4, -0.2) is 21.8 Å². The number of aromatic nitrogens is 2. The van der Waals surface area contributed by atoms with Gasteiger partial charge in [-0.05, 0) is 18.6 Å². The Morgan fingerprint density at radius 1 is 1.38 bits per heavy atom. The van der Waals surface area contributed by atoms with E-state index < -0.39 is 23.1 Å². The van der Waals surface area contributed by atoms with Crippen LogP contribution in [0.5, 0.6) is 0 Å². The summed E-state index contributed by atoms with van der Waals surface area (Å²) in [4.78, 5) is 28.5. The van der Waals surface area contributed by atoms with E-state index in [1.807, 2.05) is 0 Å². The van der Waals surface area contributed by atoms with Crippen molar-refractivity contribution in [2.45, 2.75) is 13.3 Å². The van der Waals surface area contributed by atoms with Gasteiger partial charge in [0.05, 0.1) is 11.3 Å². The Balaban J connectivity index is 2.10. The zero-order chi connectivity index (χ0) is 18.8. The Kier molecular flexibility index (Phi) is 4.77. The highest BCUT2D eigenvalue weighted by Gasteiger charge is 2.20. The summed E-state index contributed by atoms with van der Waals surface area (Å²) in [6.07, 6.45) is -0.284. The molecule has 0 saturated heterocycles. The van der Waals surface area contributed by atoms with Crippen LogP contribution < -0.4 is 10.9 Å². The number of halogens is 2. The Hall–Kier alpha value is -3.12. The summed E-state index contributed by atoms with van der Waals surface area (Å²) in [5.74, 6) is -2.44. The molecule has 0 unspecified atom stereocenters. The van der Waals surface area contributed by atoms with E-state index in [1.165, 1.54) is 23.6 Å². The fourth-order valence-corrected chi connectivity index (χ4v) is 3.36. The lowest BCUT2D eigenvalue weighted by Gasteiger charge is -2.07. The summed E-state index contributed by atoms with van der Waals surface area (Å²) in [5.41, 5.74) is -1.39. The summed E-state index contributed by atoms with van der Waals surface area (Å²) in [5, 5.41) is 12.8. The molecule has 0 radical (unpaired) electrons. The fraction of sp³-hybridized carbons (Fsp3) is 0.176. The zero-order valence-corrected chi connectivity index (χ0v) is 14.4. The smallest absolute Gasteiger partial charge is 0.295 e. The molecule has 2 aromatic heterocycles. The topological polar surface area (TPSA) is 87.3 Å². The number of benzene rings is 1. The maximum atomic E-state index is 14.5. The number of hydrogen-bond acceptors (Lipinski definition) is 5. The lowest BCUT2D eigenvalue weighted by Crippen LogP contribution is -2.29. The van der Waals surface area contributed by atoms with E-state index in [0.29, 0.717) is 6.54 Å². The van der Waals surface area contributed by atoms with E-state index in [1.54, 1.807) is 13.0 Å². The number of nitrogens with one attached hydrogen (secondary N) is 1. The minimum atomic E-state index is -1.16. The number of carbonyl (C=O) groups excluding carboxylic acids is 1. The monoisotopic (exact) mass is 374 g/mol. The van der Waals surface area contributed by atoms with Gasteiger partial charge in [0.2, 0.25) is 5.82 Å². The highest BCUT2D eigenvalue weighted by atomic mass is 32.1. The highest BCUT2D eigenvalue weighted by molar-refractivity contribution is 7.15. The second kappa shape index (κ2) is 7.01. The number of carbonyl (C=O) groups is 1. The van der Waals surface area contributed by atoms with Gasteiger partial charge in [-0.25, -0.2) is 13.8 Å². The van der Waals surface area contributed by atoms with Crippen molar-refractivity contribution in [3.63, 3.8) is 0 Å². The second-order valence-electron chi connectivity index (χ2n) is 5.34. The van der Waals surface area contributed by atoms with Crippen molar-refractivity contribution >= 4 is 22.2 Å². The first-order valence-corrected chi connectivity index (χ1v) is 8.50. The SMILES string of the molecule is CCNC(=O)c1csc2nc(Cc3cccc(C#N)c3F)c(F)c(=O)n12. The molecule has 9 heteroatoms. The van der Waals surface area contributed by atoms with E-state index in [4.69, 9.17) is 5.26 Å². The summed E-state index contributed by atoms with van der Waals surface area (Å²) in [6, 6.07) is 5.88. The molecule has 3 aromatic rings.